The van der Waals surface area contributed by atoms with Crippen molar-refractivity contribution in [3.05, 3.63) is 0 Å². The molecule has 0 rings (SSSR count). The lowest BCUT2D eigenvalue weighted by Gasteiger charge is -2.21. The maximum Gasteiger partial charge on any atom is 0.220 e. The highest BCUT2D eigenvalue weighted by molar-refractivity contribution is 5.86. The van der Waals surface area contributed by atoms with Crippen LogP contribution in [0, 0.1) is 5.92 Å². The maximum atomic E-state index is 12.0. The molecule has 1 atom stereocenters. The van der Waals surface area contributed by atoms with Gasteiger partial charge in [-0.3, -0.25) is 9.59 Å². The summed E-state index contributed by atoms with van der Waals surface area (Å²) in [6.45, 7) is 10.5. The van der Waals surface area contributed by atoms with Crippen LogP contribution in [0.5, 0.6) is 0 Å². The first kappa shape index (κ1) is 17.1. The van der Waals surface area contributed by atoms with Crippen molar-refractivity contribution >= 4 is 11.7 Å². The normalized spacial score (nSPS) is 12.8. The quantitative estimate of drug-likeness (QED) is 0.662. The van der Waals surface area contributed by atoms with Gasteiger partial charge in [-0.25, -0.2) is 0 Å². The Labute approximate surface area is 111 Å². The van der Waals surface area contributed by atoms with E-state index in [0.29, 0.717) is 19.4 Å². The molecular formula is C14H28N2O2. The summed E-state index contributed by atoms with van der Waals surface area (Å²) < 4.78 is 0. The van der Waals surface area contributed by atoms with Crippen LogP contribution in [-0.2, 0) is 9.59 Å². The summed E-state index contributed by atoms with van der Waals surface area (Å²) in [5.41, 5.74) is 0. The smallest absolute Gasteiger partial charge is 0.220 e. The van der Waals surface area contributed by atoms with Crippen LogP contribution in [-0.4, -0.2) is 30.3 Å². The minimum atomic E-state index is -0.211. The fraction of sp³-hybridized carbons (Fsp3) is 0.857. The number of carbonyl (C=O) groups is 2. The standard InChI is InChI=1S/C14H28N2O2/c1-6-9-15-13(17)8-7-12(16-11(4)5)14(18)10(2)3/h10-12,16H,6-9H2,1-5H3,(H,15,17)/t12-/m0/s1. The average Bonchev–Trinajstić information content (AvgIpc) is 2.30. The summed E-state index contributed by atoms with van der Waals surface area (Å²) in [5.74, 6) is 0.218. The summed E-state index contributed by atoms with van der Waals surface area (Å²) in [5, 5.41) is 6.07. The number of hydrogen-bond acceptors (Lipinski definition) is 3. The molecule has 4 nitrogen and oxygen atoms in total. The van der Waals surface area contributed by atoms with Crippen molar-refractivity contribution in [1.29, 1.82) is 0 Å². The van der Waals surface area contributed by atoms with Crippen LogP contribution in [0.4, 0.5) is 0 Å². The molecule has 0 unspecified atom stereocenters. The molecule has 4 heteroatoms. The van der Waals surface area contributed by atoms with E-state index in [9.17, 15) is 9.59 Å². The maximum absolute atomic E-state index is 12.0. The van der Waals surface area contributed by atoms with Crippen molar-refractivity contribution < 1.29 is 9.59 Å². The second-order valence-electron chi connectivity index (χ2n) is 5.32. The molecule has 0 saturated carbocycles. The lowest BCUT2D eigenvalue weighted by atomic mass is 9.97. The third-order valence-corrected chi connectivity index (χ3v) is 2.68. The predicted molar refractivity (Wildman–Crippen MR) is 74.4 cm³/mol. The lowest BCUT2D eigenvalue weighted by Crippen LogP contribution is -2.43. The number of nitrogens with one attached hydrogen (secondary N) is 2. The molecule has 0 spiro atoms. The van der Waals surface area contributed by atoms with E-state index in [-0.39, 0.29) is 29.7 Å². The fourth-order valence-electron chi connectivity index (χ4n) is 1.74. The van der Waals surface area contributed by atoms with Crippen LogP contribution in [0.2, 0.25) is 0 Å². The first-order chi connectivity index (χ1) is 8.38. The molecule has 0 aromatic heterocycles. The summed E-state index contributed by atoms with van der Waals surface area (Å²) in [6, 6.07) is 0.0359. The second-order valence-corrected chi connectivity index (χ2v) is 5.32. The largest absolute Gasteiger partial charge is 0.356 e. The van der Waals surface area contributed by atoms with Crippen LogP contribution in [0.15, 0.2) is 0 Å². The monoisotopic (exact) mass is 256 g/mol. The van der Waals surface area contributed by atoms with E-state index in [4.69, 9.17) is 0 Å². The third-order valence-electron chi connectivity index (χ3n) is 2.68. The highest BCUT2D eigenvalue weighted by Gasteiger charge is 2.22. The van der Waals surface area contributed by atoms with E-state index in [0.717, 1.165) is 6.42 Å². The Morgan fingerprint density at radius 2 is 1.72 bits per heavy atom. The molecule has 0 aliphatic rings. The molecule has 2 N–H and O–H groups in total. The highest BCUT2D eigenvalue weighted by Crippen LogP contribution is 2.07. The molecule has 0 aliphatic heterocycles. The zero-order chi connectivity index (χ0) is 14.1. The van der Waals surface area contributed by atoms with Gasteiger partial charge in [0.15, 0.2) is 5.78 Å². The Morgan fingerprint density at radius 1 is 1.11 bits per heavy atom. The summed E-state index contributed by atoms with van der Waals surface area (Å²) >= 11 is 0. The van der Waals surface area contributed by atoms with Gasteiger partial charge in [0.2, 0.25) is 5.91 Å². The van der Waals surface area contributed by atoms with Crippen LogP contribution in [0.1, 0.15) is 53.9 Å². The number of hydrogen-bond donors (Lipinski definition) is 2. The van der Waals surface area contributed by atoms with E-state index in [1.54, 1.807) is 0 Å². The lowest BCUT2D eigenvalue weighted by molar-refractivity contribution is -0.125. The molecule has 0 aliphatic carbocycles. The van der Waals surface area contributed by atoms with Crippen molar-refractivity contribution in [2.45, 2.75) is 66.0 Å². The van der Waals surface area contributed by atoms with Gasteiger partial charge in [-0.2, -0.15) is 0 Å². The van der Waals surface area contributed by atoms with E-state index >= 15 is 0 Å². The number of carbonyl (C=O) groups excluding carboxylic acids is 2. The van der Waals surface area contributed by atoms with Crippen LogP contribution >= 0.6 is 0 Å². The average molecular weight is 256 g/mol. The van der Waals surface area contributed by atoms with Gasteiger partial charge < -0.3 is 10.6 Å². The molecule has 0 radical (unpaired) electrons. The Hall–Kier alpha value is -0.900. The van der Waals surface area contributed by atoms with Crippen LogP contribution in [0.25, 0.3) is 0 Å². The molecule has 0 heterocycles. The van der Waals surface area contributed by atoms with Crippen molar-refractivity contribution in [2.75, 3.05) is 6.54 Å². The van der Waals surface area contributed by atoms with Crippen LogP contribution < -0.4 is 10.6 Å². The van der Waals surface area contributed by atoms with Gasteiger partial charge >= 0.3 is 0 Å². The number of Topliss-reactive ketones (excluding diaryl/α,β-unsaturated/α-hetero) is 1. The second kappa shape index (κ2) is 9.09. The highest BCUT2D eigenvalue weighted by atomic mass is 16.1. The molecule has 18 heavy (non-hydrogen) atoms. The molecule has 0 aromatic carbocycles. The Morgan fingerprint density at radius 3 is 2.17 bits per heavy atom. The van der Waals surface area contributed by atoms with Gasteiger partial charge in [-0.1, -0.05) is 34.6 Å². The topological polar surface area (TPSA) is 58.2 Å². The van der Waals surface area contributed by atoms with Crippen molar-refractivity contribution in [1.82, 2.24) is 10.6 Å². The number of amides is 1. The number of rotatable bonds is 9. The van der Waals surface area contributed by atoms with Gasteiger partial charge in [0, 0.05) is 24.9 Å². The molecule has 106 valence electrons. The zero-order valence-corrected chi connectivity index (χ0v) is 12.4. The Kier molecular flexibility index (Phi) is 8.63. The van der Waals surface area contributed by atoms with Crippen molar-refractivity contribution in [3.63, 3.8) is 0 Å². The Balaban J connectivity index is 4.24. The van der Waals surface area contributed by atoms with E-state index in [1.807, 2.05) is 34.6 Å². The minimum Gasteiger partial charge on any atom is -0.356 e. The van der Waals surface area contributed by atoms with Gasteiger partial charge in [0.05, 0.1) is 6.04 Å². The van der Waals surface area contributed by atoms with Gasteiger partial charge in [0.25, 0.3) is 0 Å². The predicted octanol–water partition coefficient (Wildman–Crippen LogP) is 1.88. The van der Waals surface area contributed by atoms with E-state index in [2.05, 4.69) is 10.6 Å². The van der Waals surface area contributed by atoms with Crippen LogP contribution in [0.3, 0.4) is 0 Å². The van der Waals surface area contributed by atoms with Gasteiger partial charge in [-0.05, 0) is 12.8 Å². The van der Waals surface area contributed by atoms with Crippen molar-refractivity contribution in [3.8, 4) is 0 Å². The molecule has 0 saturated heterocycles. The van der Waals surface area contributed by atoms with E-state index in [1.165, 1.54) is 0 Å². The third kappa shape index (κ3) is 7.43. The van der Waals surface area contributed by atoms with Gasteiger partial charge in [-0.15, -0.1) is 0 Å². The fourth-order valence-corrected chi connectivity index (χ4v) is 1.74. The van der Waals surface area contributed by atoms with Crippen molar-refractivity contribution in [2.24, 2.45) is 5.92 Å². The zero-order valence-electron chi connectivity index (χ0n) is 12.4. The first-order valence-electron chi connectivity index (χ1n) is 6.94. The molecule has 1 amide bonds. The summed E-state index contributed by atoms with van der Waals surface area (Å²) in [6.07, 6.45) is 1.91. The summed E-state index contributed by atoms with van der Waals surface area (Å²) in [7, 11) is 0. The summed E-state index contributed by atoms with van der Waals surface area (Å²) in [4.78, 5) is 23.5. The molecular weight excluding hydrogens is 228 g/mol. The van der Waals surface area contributed by atoms with Gasteiger partial charge in [0.1, 0.15) is 0 Å². The van der Waals surface area contributed by atoms with E-state index < -0.39 is 0 Å². The molecule has 0 bridgehead atoms. The molecule has 0 fully saturated rings. The SMILES string of the molecule is CCCNC(=O)CC[C@H](NC(C)C)C(=O)C(C)C. The molecule has 0 aromatic rings. The number of ketones is 1. The Bertz CT molecular complexity index is 263. The minimum absolute atomic E-state index is 0.0000435. The first-order valence-corrected chi connectivity index (χ1v) is 6.94.